The highest BCUT2D eigenvalue weighted by molar-refractivity contribution is 5.96. The molecule has 318 valence electrons. The zero-order valence-corrected chi connectivity index (χ0v) is 33.5. The lowest BCUT2D eigenvalue weighted by atomic mass is 10.1. The first kappa shape index (κ1) is 41.7. The summed E-state index contributed by atoms with van der Waals surface area (Å²) < 4.78 is 25.6. The highest BCUT2D eigenvalue weighted by atomic mass is 19.1. The van der Waals surface area contributed by atoms with Crippen molar-refractivity contribution in [2.45, 2.75) is 20.4 Å². The summed E-state index contributed by atoms with van der Waals surface area (Å²) in [6.45, 7) is 5.28. The van der Waals surface area contributed by atoms with E-state index in [0.717, 1.165) is 23.3 Å². The van der Waals surface area contributed by atoms with E-state index in [1.165, 1.54) is 22.0 Å². The monoisotopic (exact) mass is 848 g/mol. The average Bonchev–Trinajstić information content (AvgIpc) is 3.93. The third-order valence-corrected chi connectivity index (χ3v) is 10.9. The molecule has 4 aromatic carbocycles. The van der Waals surface area contributed by atoms with Crippen LogP contribution in [0.5, 0.6) is 5.75 Å². The molecule has 1 saturated heterocycles. The SMILES string of the molecule is C.C[C@H]1COc2c(N3CCN(C)CC3)c(F)cc3c(=O)c(-n4nc[nH]c4=O)cn1c23.N#Cc1ccc(/C=C/c2nc3ccccc3c(=O)n2-c2cccc(N3N=NCC3=O)c2)cc1. The number of amides is 1. The Morgan fingerprint density at radius 2 is 1.68 bits per heavy atom. The van der Waals surface area contributed by atoms with Crippen LogP contribution < -0.4 is 31.3 Å². The number of para-hydroxylation sites is 1. The molecule has 0 bridgehead atoms. The molecule has 1 N–H and O–H groups in total. The van der Waals surface area contributed by atoms with Crippen molar-refractivity contribution in [3.63, 3.8) is 0 Å². The van der Waals surface area contributed by atoms with Gasteiger partial charge in [0, 0.05) is 32.4 Å². The van der Waals surface area contributed by atoms with Gasteiger partial charge in [-0.05, 0) is 74.1 Å². The van der Waals surface area contributed by atoms with Crippen molar-refractivity contribution in [1.29, 1.82) is 5.26 Å². The van der Waals surface area contributed by atoms with Gasteiger partial charge in [-0.2, -0.15) is 25.2 Å². The number of carbonyl (C=O) groups is 1. The number of halogens is 1. The number of fused-ring (bicyclic) bond motifs is 1. The molecule has 1 atom stereocenters. The van der Waals surface area contributed by atoms with Gasteiger partial charge in [0.2, 0.25) is 5.43 Å². The Hall–Kier alpha value is -8.04. The molecule has 18 heteroatoms. The van der Waals surface area contributed by atoms with E-state index in [-0.39, 0.29) is 42.6 Å². The Labute approximate surface area is 358 Å². The highest BCUT2D eigenvalue weighted by Gasteiger charge is 2.31. The maximum Gasteiger partial charge on any atom is 0.348 e. The largest absolute Gasteiger partial charge is 0.487 e. The summed E-state index contributed by atoms with van der Waals surface area (Å²) in [7, 11) is 2.03. The molecule has 7 aromatic rings. The molecule has 0 unspecified atom stereocenters. The van der Waals surface area contributed by atoms with Gasteiger partial charge in [0.05, 0.1) is 50.9 Å². The zero-order valence-electron chi connectivity index (χ0n) is 33.5. The quantitative estimate of drug-likeness (QED) is 0.224. The fourth-order valence-electron chi connectivity index (χ4n) is 7.68. The van der Waals surface area contributed by atoms with Crippen LogP contribution in [0.2, 0.25) is 0 Å². The smallest absolute Gasteiger partial charge is 0.348 e. The first-order valence-corrected chi connectivity index (χ1v) is 19.7. The number of H-pyrrole nitrogens is 1. The van der Waals surface area contributed by atoms with Gasteiger partial charge in [-0.25, -0.2) is 14.2 Å². The first-order chi connectivity index (χ1) is 30.1. The highest BCUT2D eigenvalue weighted by Crippen LogP contribution is 2.42. The predicted octanol–water partition coefficient (Wildman–Crippen LogP) is 5.50. The predicted molar refractivity (Wildman–Crippen MR) is 237 cm³/mol. The molecule has 0 saturated carbocycles. The minimum Gasteiger partial charge on any atom is -0.487 e. The maximum atomic E-state index is 15.3. The molecule has 17 nitrogen and oxygen atoms in total. The summed E-state index contributed by atoms with van der Waals surface area (Å²) in [5.41, 5.74) is 2.88. The van der Waals surface area contributed by atoms with Crippen LogP contribution in [-0.4, -0.2) is 86.1 Å². The van der Waals surface area contributed by atoms with Gasteiger partial charge in [-0.1, -0.05) is 49.1 Å². The Balaban J connectivity index is 0.000000171. The van der Waals surface area contributed by atoms with E-state index < -0.39 is 16.9 Å². The van der Waals surface area contributed by atoms with Gasteiger partial charge in [0.1, 0.15) is 36.7 Å². The topological polar surface area (TPSA) is 192 Å². The molecule has 1 fully saturated rings. The molecule has 10 rings (SSSR count). The molecule has 1 amide bonds. The van der Waals surface area contributed by atoms with E-state index in [4.69, 9.17) is 15.0 Å². The van der Waals surface area contributed by atoms with Gasteiger partial charge in [0.15, 0.2) is 11.6 Å². The number of piperazine rings is 1. The molecule has 0 radical (unpaired) electrons. The molecule has 3 aliphatic rings. The van der Waals surface area contributed by atoms with Crippen LogP contribution in [0.4, 0.5) is 15.8 Å². The zero-order chi connectivity index (χ0) is 43.1. The van der Waals surface area contributed by atoms with Crippen molar-refractivity contribution in [3.8, 4) is 23.2 Å². The lowest BCUT2D eigenvalue weighted by molar-refractivity contribution is -0.116. The third kappa shape index (κ3) is 7.77. The number of nitrogens with one attached hydrogen (secondary N) is 1. The van der Waals surface area contributed by atoms with Crippen LogP contribution in [0, 0.1) is 17.1 Å². The van der Waals surface area contributed by atoms with Gasteiger partial charge >= 0.3 is 5.69 Å². The van der Waals surface area contributed by atoms with Gasteiger partial charge in [-0.3, -0.25) is 23.9 Å². The van der Waals surface area contributed by atoms with Crippen LogP contribution in [0.25, 0.3) is 45.3 Å². The number of likely N-dealkylation sites (N-methyl/N-ethyl adjacent to an activating group) is 1. The van der Waals surface area contributed by atoms with Gasteiger partial charge in [0.25, 0.3) is 11.5 Å². The molecule has 0 aliphatic carbocycles. The number of hydrogen-bond acceptors (Lipinski definition) is 12. The van der Waals surface area contributed by atoms with Crippen molar-refractivity contribution in [1.82, 2.24) is 33.8 Å². The second-order valence-corrected chi connectivity index (χ2v) is 14.9. The minimum absolute atomic E-state index is 0. The fourth-order valence-corrected chi connectivity index (χ4v) is 7.68. The Morgan fingerprint density at radius 3 is 2.40 bits per heavy atom. The number of benzene rings is 4. The number of anilines is 2. The lowest BCUT2D eigenvalue weighted by Gasteiger charge is -2.37. The summed E-state index contributed by atoms with van der Waals surface area (Å²) in [6.07, 6.45) is 6.41. The summed E-state index contributed by atoms with van der Waals surface area (Å²) in [5.74, 6) is 0.0779. The van der Waals surface area contributed by atoms with E-state index in [0.29, 0.717) is 70.3 Å². The second kappa shape index (κ2) is 17.1. The number of ether oxygens (including phenoxy) is 1. The van der Waals surface area contributed by atoms with Crippen molar-refractivity contribution >= 4 is 51.2 Å². The summed E-state index contributed by atoms with van der Waals surface area (Å²) in [6, 6.07) is 24.5. The second-order valence-electron chi connectivity index (χ2n) is 14.9. The molecule has 3 aliphatic heterocycles. The summed E-state index contributed by atoms with van der Waals surface area (Å²) in [5, 5.41) is 22.4. The average molecular weight is 849 g/mol. The van der Waals surface area contributed by atoms with Gasteiger partial charge in [-0.15, -0.1) is 0 Å². The van der Waals surface area contributed by atoms with Crippen LogP contribution in [0.3, 0.4) is 0 Å². The van der Waals surface area contributed by atoms with E-state index in [1.807, 2.05) is 47.7 Å². The van der Waals surface area contributed by atoms with Crippen molar-refractivity contribution in [3.05, 3.63) is 145 Å². The number of nitrogens with zero attached hydrogens (tertiary/aromatic N) is 11. The molecular weight excluding hydrogens is 808 g/mol. The first-order valence-electron chi connectivity index (χ1n) is 19.7. The molecule has 0 spiro atoms. The third-order valence-electron chi connectivity index (χ3n) is 10.9. The molecular formula is C45H41FN12O5. The van der Waals surface area contributed by atoms with E-state index in [2.05, 4.69) is 31.4 Å². The summed E-state index contributed by atoms with van der Waals surface area (Å²) >= 11 is 0. The number of pyridine rings is 1. The fraction of sp³-hybridized carbons (Fsp3) is 0.222. The normalized spacial score (nSPS) is 15.9. The van der Waals surface area contributed by atoms with E-state index in [9.17, 15) is 19.2 Å². The van der Waals surface area contributed by atoms with Gasteiger partial charge < -0.3 is 19.1 Å². The lowest BCUT2D eigenvalue weighted by Crippen LogP contribution is -2.45. The minimum atomic E-state index is -0.524. The number of carbonyl (C=O) groups excluding carboxylic acids is 1. The van der Waals surface area contributed by atoms with Crippen molar-refractivity contribution in [2.24, 2.45) is 10.3 Å². The Kier molecular flexibility index (Phi) is 11.3. The maximum absolute atomic E-state index is 15.3. The van der Waals surface area contributed by atoms with Crippen molar-refractivity contribution < 1.29 is 13.9 Å². The van der Waals surface area contributed by atoms with E-state index in [1.54, 1.807) is 66.9 Å². The van der Waals surface area contributed by atoms with Crippen LogP contribution >= 0.6 is 0 Å². The van der Waals surface area contributed by atoms with Crippen LogP contribution in [-0.2, 0) is 4.79 Å². The number of aromatic amines is 1. The number of hydrogen-bond donors (Lipinski definition) is 1. The number of rotatable bonds is 6. The van der Waals surface area contributed by atoms with Crippen LogP contribution in [0.1, 0.15) is 37.3 Å². The Morgan fingerprint density at radius 1 is 0.921 bits per heavy atom. The standard InChI is InChI=1S/C25H16N6O2.C19H21FN6O3.CH4/c26-15-18-10-8-17(9-11-18)12-13-23-28-22-7-2-1-6-21(22)25(33)30(23)19-4-3-5-20(14-19)31-24(32)16-27-29-31;1-11-9-29-18-15-12(7-13(20)16(18)24-5-3-23(2)4-6-24)17(27)14(8-25(11)15)26-19(28)21-10-22-26;/h1-14H,16H2;7-8,10-11H,3-6,9H2,1-2H3,(H,21,22,28);1H4/b13-12+;;/t;11-;/m.0./s1. The van der Waals surface area contributed by atoms with E-state index >= 15 is 4.39 Å². The van der Waals surface area contributed by atoms with Crippen molar-refractivity contribution in [2.75, 3.05) is 56.3 Å². The number of aromatic nitrogens is 6. The number of nitriles is 1. The Bertz CT molecular complexity index is 3190. The molecule has 63 heavy (non-hydrogen) atoms. The molecule has 3 aromatic heterocycles. The molecule has 6 heterocycles. The summed E-state index contributed by atoms with van der Waals surface area (Å²) in [4.78, 5) is 62.0. The van der Waals surface area contributed by atoms with Crippen LogP contribution in [0.15, 0.2) is 116 Å².